The van der Waals surface area contributed by atoms with E-state index in [9.17, 15) is 0 Å². The first-order valence-corrected chi connectivity index (χ1v) is 24.1. The molecule has 0 radical (unpaired) electrons. The van der Waals surface area contributed by atoms with Crippen molar-refractivity contribution in [2.24, 2.45) is 11.8 Å². The Morgan fingerprint density at radius 1 is 0.540 bits per heavy atom. The van der Waals surface area contributed by atoms with Gasteiger partial charge in [0.15, 0.2) is 0 Å². The summed E-state index contributed by atoms with van der Waals surface area (Å²) in [7, 11) is 0. The Labute approximate surface area is 374 Å². The Morgan fingerprint density at radius 2 is 1.22 bits per heavy atom. The number of aromatic nitrogens is 1. The number of hydrogen-bond acceptors (Lipinski definition) is 1. The minimum atomic E-state index is -0.181. The average molecular weight is 818 g/mol. The third-order valence-corrected chi connectivity index (χ3v) is 15.5. The highest BCUT2D eigenvalue weighted by molar-refractivity contribution is 6.28. The van der Waals surface area contributed by atoms with Crippen LogP contribution in [-0.4, -0.2) is 4.98 Å². The van der Waals surface area contributed by atoms with E-state index in [0.29, 0.717) is 17.8 Å². The van der Waals surface area contributed by atoms with Crippen molar-refractivity contribution in [3.05, 3.63) is 198 Å². The number of rotatable bonds is 7. The molecule has 0 aliphatic heterocycles. The SMILES string of the molecule is C/C=C\C(=C/C)C1(c2ccccc2)c2ccc(-c3cccc4c5ccccc5c5cc(-c6cc(-c7ccccc7)cc(C7CCCCCC7)n6)ccc5c34)cc2CC2CCCC[C@H]21. The molecule has 3 aliphatic carbocycles. The van der Waals surface area contributed by atoms with Gasteiger partial charge in [0, 0.05) is 22.6 Å². The lowest BCUT2D eigenvalue weighted by Crippen LogP contribution is -2.47. The maximum absolute atomic E-state index is 5.53. The lowest BCUT2D eigenvalue weighted by molar-refractivity contribution is 0.158. The molecule has 7 aromatic carbocycles. The molecule has 0 N–H and O–H groups in total. The van der Waals surface area contributed by atoms with E-state index >= 15 is 0 Å². The van der Waals surface area contributed by atoms with Crippen LogP contribution in [0.5, 0.6) is 0 Å². The van der Waals surface area contributed by atoms with Crippen molar-refractivity contribution in [1.29, 1.82) is 0 Å². The van der Waals surface area contributed by atoms with E-state index < -0.39 is 0 Å². The molecule has 2 saturated carbocycles. The summed E-state index contributed by atoms with van der Waals surface area (Å²) in [5.41, 5.74) is 14.4. The molecule has 3 aliphatic rings. The number of benzene rings is 7. The predicted molar refractivity (Wildman–Crippen MR) is 268 cm³/mol. The molecule has 0 bridgehead atoms. The van der Waals surface area contributed by atoms with Gasteiger partial charge in [-0.25, -0.2) is 0 Å². The Bertz CT molecular complexity index is 3020. The molecule has 1 heterocycles. The Morgan fingerprint density at radius 3 is 2.00 bits per heavy atom. The van der Waals surface area contributed by atoms with Gasteiger partial charge in [-0.05, 0) is 153 Å². The van der Waals surface area contributed by atoms with Crippen LogP contribution in [0.4, 0.5) is 0 Å². The van der Waals surface area contributed by atoms with Gasteiger partial charge >= 0.3 is 0 Å². The van der Waals surface area contributed by atoms with Gasteiger partial charge in [-0.1, -0.05) is 190 Å². The van der Waals surface area contributed by atoms with Gasteiger partial charge < -0.3 is 0 Å². The molecule has 11 rings (SSSR count). The summed E-state index contributed by atoms with van der Waals surface area (Å²) < 4.78 is 0. The number of hydrogen-bond donors (Lipinski definition) is 0. The maximum atomic E-state index is 5.53. The van der Waals surface area contributed by atoms with Crippen LogP contribution in [-0.2, 0) is 11.8 Å². The first-order valence-electron chi connectivity index (χ1n) is 24.1. The van der Waals surface area contributed by atoms with Crippen LogP contribution in [0.3, 0.4) is 0 Å². The van der Waals surface area contributed by atoms with Crippen LogP contribution >= 0.6 is 0 Å². The molecule has 2 unspecified atom stereocenters. The molecule has 1 heteroatoms. The molecule has 3 atom stereocenters. The molecular formula is C62H59N. The van der Waals surface area contributed by atoms with Gasteiger partial charge in [0.25, 0.3) is 0 Å². The molecule has 8 aromatic rings. The van der Waals surface area contributed by atoms with Crippen LogP contribution < -0.4 is 0 Å². The second-order valence-corrected chi connectivity index (χ2v) is 18.9. The highest BCUT2D eigenvalue weighted by Gasteiger charge is 2.51. The molecule has 312 valence electrons. The van der Waals surface area contributed by atoms with Crippen molar-refractivity contribution in [1.82, 2.24) is 4.98 Å². The summed E-state index contributed by atoms with van der Waals surface area (Å²) in [5.74, 6) is 1.73. The van der Waals surface area contributed by atoms with Gasteiger partial charge in [0.05, 0.1) is 5.69 Å². The monoisotopic (exact) mass is 817 g/mol. The summed E-state index contributed by atoms with van der Waals surface area (Å²) in [4.78, 5) is 5.53. The fourth-order valence-corrected chi connectivity index (χ4v) is 12.7. The van der Waals surface area contributed by atoms with E-state index in [1.807, 2.05) is 0 Å². The Kier molecular flexibility index (Phi) is 10.7. The van der Waals surface area contributed by atoms with Gasteiger partial charge in [-0.15, -0.1) is 0 Å². The zero-order chi connectivity index (χ0) is 42.3. The first kappa shape index (κ1) is 39.8. The fraction of sp³-hybridized carbons (Fsp3) is 0.274. The molecule has 63 heavy (non-hydrogen) atoms. The molecule has 0 saturated heterocycles. The zero-order valence-electron chi connectivity index (χ0n) is 37.1. The largest absolute Gasteiger partial charge is 0.253 e. The summed E-state index contributed by atoms with van der Waals surface area (Å²) in [6, 6.07) is 58.0. The lowest BCUT2D eigenvalue weighted by Gasteiger charge is -2.53. The third-order valence-electron chi connectivity index (χ3n) is 15.5. The number of pyridine rings is 1. The maximum Gasteiger partial charge on any atom is 0.0711 e. The summed E-state index contributed by atoms with van der Waals surface area (Å²) in [5, 5.41) is 7.86. The average Bonchev–Trinajstić information content (AvgIpc) is 3.65. The Hall–Kier alpha value is -6.05. The minimum Gasteiger partial charge on any atom is -0.253 e. The number of allylic oxidation sites excluding steroid dienone is 4. The topological polar surface area (TPSA) is 12.9 Å². The summed E-state index contributed by atoms with van der Waals surface area (Å²) in [6.07, 6.45) is 21.1. The molecule has 2 fully saturated rings. The van der Waals surface area contributed by atoms with Gasteiger partial charge in [0.1, 0.15) is 0 Å². The Balaban J connectivity index is 1.11. The van der Waals surface area contributed by atoms with E-state index in [-0.39, 0.29) is 5.41 Å². The summed E-state index contributed by atoms with van der Waals surface area (Å²) >= 11 is 0. The smallest absolute Gasteiger partial charge is 0.0711 e. The van der Waals surface area contributed by atoms with Crippen molar-refractivity contribution in [2.75, 3.05) is 0 Å². The van der Waals surface area contributed by atoms with E-state index in [4.69, 9.17) is 4.98 Å². The quantitative estimate of drug-likeness (QED) is 0.0887. The predicted octanol–water partition coefficient (Wildman–Crippen LogP) is 17.2. The molecule has 1 aromatic heterocycles. The van der Waals surface area contributed by atoms with E-state index in [1.54, 1.807) is 0 Å². The van der Waals surface area contributed by atoms with E-state index in [1.165, 1.54) is 152 Å². The van der Waals surface area contributed by atoms with Crippen molar-refractivity contribution in [3.63, 3.8) is 0 Å². The second-order valence-electron chi connectivity index (χ2n) is 18.9. The zero-order valence-corrected chi connectivity index (χ0v) is 37.1. The second kappa shape index (κ2) is 16.9. The first-order chi connectivity index (χ1) is 31.1. The van der Waals surface area contributed by atoms with Crippen molar-refractivity contribution >= 4 is 32.3 Å². The summed E-state index contributed by atoms with van der Waals surface area (Å²) in [6.45, 7) is 4.43. The van der Waals surface area contributed by atoms with Crippen molar-refractivity contribution < 1.29 is 0 Å². The van der Waals surface area contributed by atoms with Crippen molar-refractivity contribution in [2.45, 2.75) is 95.8 Å². The van der Waals surface area contributed by atoms with Crippen LogP contribution in [0, 0.1) is 11.8 Å². The minimum absolute atomic E-state index is 0.181. The number of fused-ring (bicyclic) bond motifs is 8. The van der Waals surface area contributed by atoms with Crippen LogP contribution in [0.2, 0.25) is 0 Å². The normalized spacial score (nSPS) is 20.8. The molecule has 1 nitrogen and oxygen atoms in total. The lowest BCUT2D eigenvalue weighted by atomic mass is 9.50. The fourth-order valence-electron chi connectivity index (χ4n) is 12.7. The van der Waals surface area contributed by atoms with Crippen molar-refractivity contribution in [3.8, 4) is 33.5 Å². The van der Waals surface area contributed by atoms with Gasteiger partial charge in [-0.3, -0.25) is 4.98 Å². The highest BCUT2D eigenvalue weighted by atomic mass is 14.7. The van der Waals surface area contributed by atoms with E-state index in [0.717, 1.165) is 12.1 Å². The van der Waals surface area contributed by atoms with Gasteiger partial charge in [0.2, 0.25) is 0 Å². The van der Waals surface area contributed by atoms with Crippen LogP contribution in [0.25, 0.3) is 65.8 Å². The standard InChI is InChI=1S/C62H59N/c1-3-20-49(4-2)62(50-26-13-8-14-27-50)57-32-18-15-25-45(57)38-48-37-44(34-36-58(48)62)51-30-19-31-54-52-28-16-17-29-53(52)56-39-46(33-35-55(56)61(51)54)60-41-47(42-21-11-7-12-22-42)40-59(63-60)43-23-9-5-6-10-24-43/h3-4,7-8,11-14,16-17,19-22,26-31,33-37,39-41,43,45,57H,5-6,9-10,15,18,23-25,32,38H2,1-2H3/b20-3-,49-4+/t45?,57-,62?/m1/s1. The van der Waals surface area contributed by atoms with Crippen LogP contribution in [0.15, 0.2) is 175 Å². The van der Waals surface area contributed by atoms with Crippen LogP contribution in [0.1, 0.15) is 106 Å². The van der Waals surface area contributed by atoms with E-state index in [2.05, 4.69) is 184 Å². The molecule has 0 spiro atoms. The molecular weight excluding hydrogens is 759 g/mol. The van der Waals surface area contributed by atoms with Gasteiger partial charge in [-0.2, -0.15) is 0 Å². The third kappa shape index (κ3) is 6.87. The molecule has 0 amide bonds. The number of nitrogens with zero attached hydrogens (tertiary/aromatic N) is 1. The highest BCUT2D eigenvalue weighted by Crippen LogP contribution is 2.58.